The molecule has 6 aromatic rings. The first-order valence-corrected chi connectivity index (χ1v) is 18.2. The number of fused-ring (bicyclic) bond motifs is 3. The zero-order valence-electron chi connectivity index (χ0n) is 31.0. The number of carbonyl (C=O) groups excluding carboxylic acids is 2. The lowest BCUT2D eigenvalue weighted by atomic mass is 9.99. The van der Waals surface area contributed by atoms with Gasteiger partial charge >= 0.3 is 17.8 Å². The molecule has 1 N–H and O–H groups in total. The van der Waals surface area contributed by atoms with E-state index in [1.165, 1.54) is 55.3 Å². The average molecular weight is 799 g/mol. The van der Waals surface area contributed by atoms with Gasteiger partial charge in [0, 0.05) is 43.5 Å². The SMILES string of the molecule is Cc1cc(N2CCOC[C@@H]2C(F)(F)F)cc(F)c1C(=O)NC(Cc1ccc(-n2c(=O)c3ccncc3n(C)c2=O)c2ncccc12)C(=O)Oc1ccc2c(c1)COC2. The quantitative estimate of drug-likeness (QED) is 0.129. The molecule has 2 aliphatic rings. The average Bonchev–Trinajstić information content (AvgIpc) is 3.68. The summed E-state index contributed by atoms with van der Waals surface area (Å²) < 4.78 is 76.0. The fraction of sp³-hybridized carbons (Fsp3) is 0.268. The minimum absolute atomic E-state index is 0.00489. The van der Waals surface area contributed by atoms with Gasteiger partial charge in [-0.1, -0.05) is 18.2 Å². The summed E-state index contributed by atoms with van der Waals surface area (Å²) in [6.45, 7) is 1.31. The summed E-state index contributed by atoms with van der Waals surface area (Å²) in [6.07, 6.45) is -0.546. The molecule has 1 fully saturated rings. The molecule has 17 heteroatoms. The number of nitrogens with one attached hydrogen (secondary N) is 1. The molecule has 0 saturated carbocycles. The van der Waals surface area contributed by atoms with E-state index in [1.807, 2.05) is 0 Å². The van der Waals surface area contributed by atoms with Crippen LogP contribution in [0.3, 0.4) is 0 Å². The number of benzene rings is 3. The van der Waals surface area contributed by atoms with Crippen LogP contribution in [-0.2, 0) is 41.0 Å². The van der Waals surface area contributed by atoms with Crippen LogP contribution in [0.1, 0.15) is 32.6 Å². The first-order chi connectivity index (χ1) is 27.8. The summed E-state index contributed by atoms with van der Waals surface area (Å²) in [5.74, 6) is -2.84. The van der Waals surface area contributed by atoms with Crippen LogP contribution >= 0.6 is 0 Å². The lowest BCUT2D eigenvalue weighted by molar-refractivity contribution is -0.167. The number of amides is 1. The van der Waals surface area contributed by atoms with Gasteiger partial charge in [-0.25, -0.2) is 18.5 Å². The Bertz CT molecular complexity index is 2730. The second-order valence-corrected chi connectivity index (χ2v) is 14.0. The van der Waals surface area contributed by atoms with Crippen molar-refractivity contribution < 1.29 is 41.4 Å². The highest BCUT2D eigenvalue weighted by Gasteiger charge is 2.45. The monoisotopic (exact) mass is 798 g/mol. The third-order valence-corrected chi connectivity index (χ3v) is 10.4. The van der Waals surface area contributed by atoms with Crippen molar-refractivity contribution in [1.82, 2.24) is 24.4 Å². The van der Waals surface area contributed by atoms with Crippen molar-refractivity contribution in [2.75, 3.05) is 24.7 Å². The highest BCUT2D eigenvalue weighted by molar-refractivity contribution is 5.99. The summed E-state index contributed by atoms with van der Waals surface area (Å²) in [6, 6.07) is 11.6. The standard InChI is InChI=1S/C41H34F4N6O7/c1-22-14-26(50-12-13-56-21-34(50)41(43,44)45)17-30(42)35(22)37(52)48-31(39(54)58-27-7-5-24-19-57-20-25(24)15-27)16-23-6-8-32(36-28(23)4-3-10-47-36)51-38(53)29-9-11-46-18-33(29)49(2)40(51)55/h3-11,14-15,17-18,31,34H,12-13,16,19-21H2,1-2H3,(H,48,52)/t31?,34-/m1/s1. The van der Waals surface area contributed by atoms with Crippen molar-refractivity contribution in [3.8, 4) is 11.4 Å². The molecule has 0 radical (unpaired) electrons. The predicted molar refractivity (Wildman–Crippen MR) is 203 cm³/mol. The first-order valence-electron chi connectivity index (χ1n) is 18.2. The van der Waals surface area contributed by atoms with Crippen molar-refractivity contribution in [2.24, 2.45) is 7.05 Å². The van der Waals surface area contributed by atoms with Crippen molar-refractivity contribution >= 4 is 39.4 Å². The van der Waals surface area contributed by atoms with Gasteiger partial charge in [0.15, 0.2) is 0 Å². The molecule has 298 valence electrons. The van der Waals surface area contributed by atoms with Gasteiger partial charge in [0.2, 0.25) is 0 Å². The third-order valence-electron chi connectivity index (χ3n) is 10.4. The van der Waals surface area contributed by atoms with Gasteiger partial charge in [0.25, 0.3) is 11.5 Å². The van der Waals surface area contributed by atoms with E-state index in [0.29, 0.717) is 29.7 Å². The highest BCUT2D eigenvalue weighted by atomic mass is 19.4. The fourth-order valence-electron chi connectivity index (χ4n) is 7.49. The van der Waals surface area contributed by atoms with E-state index in [4.69, 9.17) is 14.2 Å². The maximum atomic E-state index is 15.9. The van der Waals surface area contributed by atoms with E-state index in [9.17, 15) is 32.3 Å². The molecule has 2 atom stereocenters. The number of ether oxygens (including phenoxy) is 3. The van der Waals surface area contributed by atoms with E-state index in [0.717, 1.165) is 26.7 Å². The van der Waals surface area contributed by atoms with Crippen molar-refractivity contribution in [3.63, 3.8) is 0 Å². The van der Waals surface area contributed by atoms with Gasteiger partial charge in [-0.05, 0) is 71.6 Å². The molecule has 1 saturated heterocycles. The van der Waals surface area contributed by atoms with Gasteiger partial charge < -0.3 is 24.4 Å². The van der Waals surface area contributed by atoms with Gasteiger partial charge in [0.05, 0.1) is 60.3 Å². The van der Waals surface area contributed by atoms with E-state index in [2.05, 4.69) is 15.3 Å². The Labute approximate surface area is 326 Å². The smallest absolute Gasteiger partial charge is 0.411 e. The van der Waals surface area contributed by atoms with Crippen LogP contribution in [0.4, 0.5) is 23.2 Å². The Morgan fingerprint density at radius 1 is 1.00 bits per heavy atom. The molecule has 0 spiro atoms. The molecule has 1 amide bonds. The summed E-state index contributed by atoms with van der Waals surface area (Å²) in [4.78, 5) is 64.8. The molecule has 0 aliphatic carbocycles. The van der Waals surface area contributed by atoms with Crippen LogP contribution in [0.2, 0.25) is 0 Å². The molecule has 3 aromatic heterocycles. The number of esters is 1. The number of anilines is 1. The van der Waals surface area contributed by atoms with Crippen LogP contribution in [0, 0.1) is 12.7 Å². The minimum Gasteiger partial charge on any atom is -0.425 e. The topological polar surface area (TPSA) is 147 Å². The van der Waals surface area contributed by atoms with E-state index in [-0.39, 0.29) is 53.2 Å². The maximum absolute atomic E-state index is 15.9. The van der Waals surface area contributed by atoms with Crippen molar-refractivity contribution in [3.05, 3.63) is 134 Å². The van der Waals surface area contributed by atoms with Crippen LogP contribution in [0.5, 0.6) is 5.75 Å². The third kappa shape index (κ3) is 7.06. The minimum atomic E-state index is -4.66. The van der Waals surface area contributed by atoms with Crippen molar-refractivity contribution in [1.29, 1.82) is 0 Å². The second-order valence-electron chi connectivity index (χ2n) is 14.0. The number of aromatic nitrogens is 4. The Morgan fingerprint density at radius 3 is 2.60 bits per heavy atom. The van der Waals surface area contributed by atoms with E-state index >= 15 is 4.39 Å². The molecular formula is C41H34F4N6O7. The molecule has 2 aliphatic heterocycles. The zero-order valence-corrected chi connectivity index (χ0v) is 31.0. The van der Waals surface area contributed by atoms with E-state index < -0.39 is 59.4 Å². The molecule has 5 heterocycles. The lowest BCUT2D eigenvalue weighted by Gasteiger charge is -2.38. The molecule has 0 bridgehead atoms. The fourth-order valence-corrected chi connectivity index (χ4v) is 7.49. The summed E-state index contributed by atoms with van der Waals surface area (Å²) in [5, 5.41) is 3.28. The Hall–Kier alpha value is -6.46. The number of morpholine rings is 1. The maximum Gasteiger partial charge on any atom is 0.411 e. The number of rotatable bonds is 8. The molecule has 13 nitrogen and oxygen atoms in total. The van der Waals surface area contributed by atoms with Crippen LogP contribution in [0.25, 0.3) is 27.5 Å². The number of pyridine rings is 2. The highest BCUT2D eigenvalue weighted by Crippen LogP contribution is 2.33. The summed E-state index contributed by atoms with van der Waals surface area (Å²) >= 11 is 0. The van der Waals surface area contributed by atoms with E-state index in [1.54, 1.807) is 36.4 Å². The summed E-state index contributed by atoms with van der Waals surface area (Å²) in [7, 11) is 1.51. The van der Waals surface area contributed by atoms with Gasteiger partial charge in [-0.3, -0.25) is 24.1 Å². The number of aryl methyl sites for hydroxylation is 2. The molecule has 8 rings (SSSR count). The molecular weight excluding hydrogens is 764 g/mol. The van der Waals surface area contributed by atoms with Crippen LogP contribution in [0.15, 0.2) is 88.8 Å². The lowest BCUT2D eigenvalue weighted by Crippen LogP contribution is -2.53. The van der Waals surface area contributed by atoms with Crippen LogP contribution in [-0.4, -0.2) is 69.0 Å². The number of hydrogen-bond acceptors (Lipinski definition) is 10. The predicted octanol–water partition coefficient (Wildman–Crippen LogP) is 4.82. The number of carbonyl (C=O) groups is 2. The number of hydrogen-bond donors (Lipinski definition) is 1. The Kier molecular flexibility index (Phi) is 10.0. The molecule has 3 aromatic carbocycles. The molecule has 58 heavy (non-hydrogen) atoms. The second kappa shape index (κ2) is 15.1. The Balaban J connectivity index is 1.16. The van der Waals surface area contributed by atoms with Crippen LogP contribution < -0.4 is 26.2 Å². The normalized spacial score (nSPS) is 16.0. The summed E-state index contributed by atoms with van der Waals surface area (Å²) in [5.41, 5.74) is 1.16. The zero-order chi connectivity index (χ0) is 40.9. The first kappa shape index (κ1) is 38.4. The number of halogens is 4. The Morgan fingerprint density at radius 2 is 1.81 bits per heavy atom. The van der Waals surface area contributed by atoms with Gasteiger partial charge in [-0.15, -0.1) is 0 Å². The number of alkyl halides is 3. The number of nitrogens with zero attached hydrogens (tertiary/aromatic N) is 5. The van der Waals surface area contributed by atoms with Crippen molar-refractivity contribution in [2.45, 2.75) is 44.8 Å². The molecule has 1 unspecified atom stereocenters. The largest absolute Gasteiger partial charge is 0.425 e. The van der Waals surface area contributed by atoms with Gasteiger partial charge in [-0.2, -0.15) is 13.2 Å². The van der Waals surface area contributed by atoms with Gasteiger partial charge in [0.1, 0.15) is 23.7 Å².